The van der Waals surface area contributed by atoms with Crippen molar-refractivity contribution < 1.29 is 8.42 Å². The molecule has 0 unspecified atom stereocenters. The van der Waals surface area contributed by atoms with Crippen LogP contribution in [0.25, 0.3) is 0 Å². The second-order valence-corrected chi connectivity index (χ2v) is 11.7. The quantitative estimate of drug-likeness (QED) is 0.522. The highest BCUT2D eigenvalue weighted by molar-refractivity contribution is 7.92. The first-order chi connectivity index (χ1) is 13.6. The van der Waals surface area contributed by atoms with Crippen LogP contribution in [0.4, 0.5) is 0 Å². The number of aryl methyl sites for hydroxylation is 1. The molecule has 2 N–H and O–H groups in total. The predicted molar refractivity (Wildman–Crippen MR) is 122 cm³/mol. The van der Waals surface area contributed by atoms with Crippen LogP contribution in [0.5, 0.6) is 0 Å². The number of sulfone groups is 1. The number of hydrogen-bond donors (Lipinski definition) is 2. The maximum absolute atomic E-state index is 12.3. The van der Waals surface area contributed by atoms with Crippen LogP contribution in [0.15, 0.2) is 29.3 Å². The van der Waals surface area contributed by atoms with Crippen LogP contribution in [0.1, 0.15) is 51.7 Å². The average Bonchev–Trinajstić information content (AvgIpc) is 2.64. The summed E-state index contributed by atoms with van der Waals surface area (Å²) in [5.41, 5.74) is 2.74. The number of rotatable bonds is 7. The third kappa shape index (κ3) is 7.30. The number of likely N-dealkylation sites (tertiary alicyclic amines) is 1. The zero-order valence-corrected chi connectivity index (χ0v) is 19.5. The second kappa shape index (κ2) is 10.4. The molecule has 0 radical (unpaired) electrons. The van der Waals surface area contributed by atoms with Gasteiger partial charge in [-0.25, -0.2) is 8.42 Å². The third-order valence-corrected chi connectivity index (χ3v) is 8.08. The molecule has 1 aliphatic rings. The molecule has 0 aliphatic carbocycles. The molecule has 1 aromatic carbocycles. The molecule has 1 fully saturated rings. The predicted octanol–water partition coefficient (Wildman–Crippen LogP) is 2.73. The minimum atomic E-state index is -3.15. The van der Waals surface area contributed by atoms with Crippen molar-refractivity contribution in [3.63, 3.8) is 0 Å². The molecule has 0 bridgehead atoms. The summed E-state index contributed by atoms with van der Waals surface area (Å²) in [6.07, 6.45) is 2.10. The molecular formula is C22H38N4O2S. The van der Waals surface area contributed by atoms with Crippen LogP contribution in [-0.2, 0) is 16.4 Å². The minimum Gasteiger partial charge on any atom is -0.357 e. The third-order valence-electron chi connectivity index (χ3n) is 5.49. The van der Waals surface area contributed by atoms with Gasteiger partial charge in [0.15, 0.2) is 15.8 Å². The molecule has 1 aliphatic heterocycles. The number of piperidine rings is 1. The van der Waals surface area contributed by atoms with Gasteiger partial charge in [-0.05, 0) is 58.6 Å². The molecule has 1 aromatic rings. The van der Waals surface area contributed by atoms with Gasteiger partial charge in [-0.1, -0.05) is 24.3 Å². The Bertz CT molecular complexity index is 776. The molecule has 0 aromatic heterocycles. The number of hydrogen-bond acceptors (Lipinski definition) is 4. The van der Waals surface area contributed by atoms with Crippen molar-refractivity contribution in [2.45, 2.75) is 64.8 Å². The fourth-order valence-corrected chi connectivity index (χ4v) is 4.31. The monoisotopic (exact) mass is 422 g/mol. The van der Waals surface area contributed by atoms with E-state index in [1.54, 1.807) is 20.8 Å². The molecule has 0 spiro atoms. The lowest BCUT2D eigenvalue weighted by Gasteiger charge is -2.33. The van der Waals surface area contributed by atoms with Crippen LogP contribution >= 0.6 is 0 Å². The largest absolute Gasteiger partial charge is 0.357 e. The van der Waals surface area contributed by atoms with Gasteiger partial charge >= 0.3 is 0 Å². The molecule has 29 heavy (non-hydrogen) atoms. The highest BCUT2D eigenvalue weighted by Crippen LogP contribution is 2.17. The van der Waals surface area contributed by atoms with E-state index in [-0.39, 0.29) is 12.3 Å². The molecule has 1 saturated heterocycles. The first kappa shape index (κ1) is 23.7. The molecular weight excluding hydrogens is 384 g/mol. The van der Waals surface area contributed by atoms with Crippen LogP contribution in [0.3, 0.4) is 0 Å². The lowest BCUT2D eigenvalue weighted by molar-refractivity contribution is 0.198. The van der Waals surface area contributed by atoms with Gasteiger partial charge in [0, 0.05) is 32.2 Å². The average molecular weight is 423 g/mol. The van der Waals surface area contributed by atoms with Crippen LogP contribution in [0, 0.1) is 6.92 Å². The molecule has 1 heterocycles. The molecule has 6 nitrogen and oxygen atoms in total. The van der Waals surface area contributed by atoms with Gasteiger partial charge in [0.1, 0.15) is 0 Å². The van der Waals surface area contributed by atoms with E-state index in [1.165, 1.54) is 11.1 Å². The summed E-state index contributed by atoms with van der Waals surface area (Å²) in [7, 11) is -3.15. The van der Waals surface area contributed by atoms with Crippen molar-refractivity contribution in [2.75, 3.05) is 31.9 Å². The molecule has 2 rings (SSSR count). The molecule has 0 saturated carbocycles. The molecule has 164 valence electrons. The van der Waals surface area contributed by atoms with Crippen LogP contribution < -0.4 is 10.6 Å². The molecule has 7 heteroatoms. The standard InChI is InChI=1S/C22H38N4O2S/c1-6-23-21(24-13-16-29(27,28)22(3,4)5)25-20-11-14-26(15-12-20)17-19-10-8-7-9-18(19)2/h7-10,20H,6,11-17H2,1-5H3,(H2,23,24,25). The van der Waals surface area contributed by atoms with Crippen molar-refractivity contribution in [1.82, 2.24) is 15.5 Å². The first-order valence-corrected chi connectivity index (χ1v) is 12.3. The Morgan fingerprint density at radius 1 is 1.21 bits per heavy atom. The Kier molecular flexibility index (Phi) is 8.52. The molecule has 0 amide bonds. The Hall–Kier alpha value is -1.60. The van der Waals surface area contributed by atoms with E-state index < -0.39 is 14.6 Å². The normalized spacial score (nSPS) is 17.3. The van der Waals surface area contributed by atoms with Gasteiger partial charge in [-0.2, -0.15) is 0 Å². The van der Waals surface area contributed by atoms with Gasteiger partial charge in [-0.3, -0.25) is 9.89 Å². The summed E-state index contributed by atoms with van der Waals surface area (Å²) in [4.78, 5) is 7.01. The van der Waals surface area contributed by atoms with E-state index in [0.717, 1.165) is 39.0 Å². The van der Waals surface area contributed by atoms with E-state index in [9.17, 15) is 8.42 Å². The smallest absolute Gasteiger partial charge is 0.191 e. The maximum Gasteiger partial charge on any atom is 0.191 e. The van der Waals surface area contributed by atoms with E-state index in [4.69, 9.17) is 0 Å². The number of benzene rings is 1. The summed E-state index contributed by atoms with van der Waals surface area (Å²) >= 11 is 0. The Labute approximate surface area is 177 Å². The minimum absolute atomic E-state index is 0.0714. The van der Waals surface area contributed by atoms with Gasteiger partial charge < -0.3 is 10.6 Å². The van der Waals surface area contributed by atoms with E-state index in [1.807, 2.05) is 6.92 Å². The summed E-state index contributed by atoms with van der Waals surface area (Å²) < 4.78 is 23.8. The number of nitrogens with zero attached hydrogens (tertiary/aromatic N) is 2. The highest BCUT2D eigenvalue weighted by Gasteiger charge is 2.28. The number of guanidine groups is 1. The summed E-state index contributed by atoms with van der Waals surface area (Å²) in [6.45, 7) is 13.5. The summed E-state index contributed by atoms with van der Waals surface area (Å²) in [5, 5.41) is 6.74. The zero-order chi connectivity index (χ0) is 21.5. The topological polar surface area (TPSA) is 73.8 Å². The highest BCUT2D eigenvalue weighted by atomic mass is 32.2. The van der Waals surface area contributed by atoms with E-state index >= 15 is 0 Å². The maximum atomic E-state index is 12.3. The van der Waals surface area contributed by atoms with Crippen LogP contribution in [0.2, 0.25) is 0 Å². The Morgan fingerprint density at radius 2 is 1.86 bits per heavy atom. The number of aliphatic imine (C=N–C) groups is 1. The lowest BCUT2D eigenvalue weighted by atomic mass is 10.0. The summed E-state index contributed by atoms with van der Waals surface area (Å²) in [6, 6.07) is 8.93. The number of nitrogens with one attached hydrogen (secondary N) is 2. The lowest BCUT2D eigenvalue weighted by Crippen LogP contribution is -2.48. The van der Waals surface area contributed by atoms with Gasteiger partial charge in [0.2, 0.25) is 0 Å². The Balaban J connectivity index is 1.85. The summed E-state index contributed by atoms with van der Waals surface area (Å²) in [5.74, 6) is 0.788. The van der Waals surface area contributed by atoms with E-state index in [2.05, 4.69) is 51.7 Å². The van der Waals surface area contributed by atoms with Crippen molar-refractivity contribution in [3.05, 3.63) is 35.4 Å². The van der Waals surface area contributed by atoms with Gasteiger partial charge in [0.05, 0.1) is 17.0 Å². The first-order valence-electron chi connectivity index (χ1n) is 10.7. The van der Waals surface area contributed by atoms with E-state index in [0.29, 0.717) is 12.0 Å². The Morgan fingerprint density at radius 3 is 2.45 bits per heavy atom. The SMILES string of the molecule is CCNC(=NCCS(=O)(=O)C(C)(C)C)NC1CCN(Cc2ccccc2C)CC1. The van der Waals surface area contributed by atoms with Crippen LogP contribution in [-0.4, -0.2) is 62.0 Å². The van der Waals surface area contributed by atoms with Gasteiger partial charge in [-0.15, -0.1) is 0 Å². The molecule has 0 atom stereocenters. The zero-order valence-electron chi connectivity index (χ0n) is 18.7. The van der Waals surface area contributed by atoms with Crippen molar-refractivity contribution in [1.29, 1.82) is 0 Å². The van der Waals surface area contributed by atoms with Gasteiger partial charge in [0.25, 0.3) is 0 Å². The van der Waals surface area contributed by atoms with Crippen molar-refractivity contribution in [2.24, 2.45) is 4.99 Å². The van der Waals surface area contributed by atoms with Crippen molar-refractivity contribution >= 4 is 15.8 Å². The fraction of sp³-hybridized carbons (Fsp3) is 0.682. The fourth-order valence-electron chi connectivity index (χ4n) is 3.36. The second-order valence-electron chi connectivity index (χ2n) is 8.81. The van der Waals surface area contributed by atoms with Crippen molar-refractivity contribution in [3.8, 4) is 0 Å².